The van der Waals surface area contributed by atoms with Gasteiger partial charge < -0.3 is 4.90 Å². The van der Waals surface area contributed by atoms with E-state index in [-0.39, 0.29) is 10.5 Å². The fourth-order valence-corrected chi connectivity index (χ4v) is 1.32. The standard InChI is InChI=1S/C5H8FNS/c1-4-7(2)3-5(6)8-4/h3-4H,1-2H3. The SMILES string of the molecule is CC1SC(F)=CN1C. The summed E-state index contributed by atoms with van der Waals surface area (Å²) < 4.78 is 12.2. The first-order chi connectivity index (χ1) is 3.70. The van der Waals surface area contributed by atoms with Crippen LogP contribution in [0.4, 0.5) is 4.39 Å². The molecule has 1 rings (SSSR count). The lowest BCUT2D eigenvalue weighted by molar-refractivity contribution is 0.454. The van der Waals surface area contributed by atoms with Gasteiger partial charge in [0.1, 0.15) is 0 Å². The molecular formula is C5H8FNS. The minimum Gasteiger partial charge on any atom is -0.366 e. The van der Waals surface area contributed by atoms with Crippen molar-refractivity contribution < 1.29 is 4.39 Å². The number of hydrogen-bond acceptors (Lipinski definition) is 2. The summed E-state index contributed by atoms with van der Waals surface area (Å²) in [6.45, 7) is 1.97. The maximum Gasteiger partial charge on any atom is 0.174 e. The molecule has 0 radical (unpaired) electrons. The first-order valence-corrected chi connectivity index (χ1v) is 3.34. The molecule has 8 heavy (non-hydrogen) atoms. The molecule has 0 amide bonds. The van der Waals surface area contributed by atoms with Crippen LogP contribution >= 0.6 is 11.8 Å². The zero-order chi connectivity index (χ0) is 6.15. The van der Waals surface area contributed by atoms with Crippen molar-refractivity contribution in [1.29, 1.82) is 0 Å². The summed E-state index contributed by atoms with van der Waals surface area (Å²) >= 11 is 1.25. The predicted molar refractivity (Wildman–Crippen MR) is 34.0 cm³/mol. The Balaban J connectivity index is 2.56. The van der Waals surface area contributed by atoms with Crippen molar-refractivity contribution >= 4 is 11.8 Å². The van der Waals surface area contributed by atoms with Gasteiger partial charge in [-0.2, -0.15) is 4.39 Å². The number of halogens is 1. The number of nitrogens with zero attached hydrogens (tertiary/aromatic N) is 1. The summed E-state index contributed by atoms with van der Waals surface area (Å²) in [5.74, 6) is 0. The Hall–Kier alpha value is -0.180. The molecule has 1 aliphatic heterocycles. The van der Waals surface area contributed by atoms with E-state index in [9.17, 15) is 4.39 Å². The van der Waals surface area contributed by atoms with Crippen molar-refractivity contribution in [3.8, 4) is 0 Å². The van der Waals surface area contributed by atoms with Crippen molar-refractivity contribution in [2.45, 2.75) is 12.3 Å². The monoisotopic (exact) mass is 133 g/mol. The molecule has 0 aliphatic carbocycles. The van der Waals surface area contributed by atoms with Gasteiger partial charge in [-0.3, -0.25) is 0 Å². The van der Waals surface area contributed by atoms with Gasteiger partial charge in [-0.25, -0.2) is 0 Å². The molecule has 0 spiro atoms. The average molecular weight is 133 g/mol. The maximum absolute atomic E-state index is 12.2. The van der Waals surface area contributed by atoms with Gasteiger partial charge in [0.05, 0.1) is 5.37 Å². The van der Waals surface area contributed by atoms with Gasteiger partial charge in [0.2, 0.25) is 0 Å². The molecule has 3 heteroatoms. The fraction of sp³-hybridized carbons (Fsp3) is 0.600. The van der Waals surface area contributed by atoms with E-state index in [2.05, 4.69) is 0 Å². The molecule has 0 aromatic rings. The number of rotatable bonds is 0. The molecule has 0 saturated carbocycles. The number of thioether (sulfide) groups is 1. The molecule has 1 atom stereocenters. The lowest BCUT2D eigenvalue weighted by atomic mass is 10.6. The van der Waals surface area contributed by atoms with Gasteiger partial charge in [0.25, 0.3) is 0 Å². The lowest BCUT2D eigenvalue weighted by Gasteiger charge is -2.12. The van der Waals surface area contributed by atoms with Crippen molar-refractivity contribution in [3.05, 3.63) is 11.4 Å². The van der Waals surface area contributed by atoms with Crippen LogP contribution in [0.5, 0.6) is 0 Å². The van der Waals surface area contributed by atoms with Gasteiger partial charge in [-0.15, -0.1) is 0 Å². The van der Waals surface area contributed by atoms with Crippen LogP contribution in [-0.4, -0.2) is 17.3 Å². The van der Waals surface area contributed by atoms with E-state index in [1.54, 1.807) is 0 Å². The van der Waals surface area contributed by atoms with Gasteiger partial charge in [0, 0.05) is 13.2 Å². The summed E-state index contributed by atoms with van der Waals surface area (Å²) in [7, 11) is 1.87. The first-order valence-electron chi connectivity index (χ1n) is 2.46. The highest BCUT2D eigenvalue weighted by molar-refractivity contribution is 8.03. The molecule has 0 fully saturated rings. The van der Waals surface area contributed by atoms with E-state index < -0.39 is 0 Å². The fourth-order valence-electron chi connectivity index (χ4n) is 0.542. The Labute approximate surface area is 52.6 Å². The van der Waals surface area contributed by atoms with Crippen molar-refractivity contribution in [3.63, 3.8) is 0 Å². The summed E-state index contributed by atoms with van der Waals surface area (Å²) in [5.41, 5.74) is 0. The maximum atomic E-state index is 12.2. The Kier molecular flexibility index (Phi) is 1.47. The average Bonchev–Trinajstić information content (AvgIpc) is 1.85. The van der Waals surface area contributed by atoms with Crippen molar-refractivity contribution in [2.24, 2.45) is 0 Å². The molecule has 1 aliphatic rings. The normalized spacial score (nSPS) is 28.6. The number of hydrogen-bond donors (Lipinski definition) is 0. The molecule has 1 nitrogen and oxygen atoms in total. The summed E-state index contributed by atoms with van der Waals surface area (Å²) in [6.07, 6.45) is 1.51. The van der Waals surface area contributed by atoms with E-state index in [0.29, 0.717) is 0 Å². The summed E-state index contributed by atoms with van der Waals surface area (Å²) in [4.78, 5) is 1.85. The Morgan fingerprint density at radius 1 is 1.88 bits per heavy atom. The zero-order valence-corrected chi connectivity index (χ0v) is 5.70. The molecule has 0 bridgehead atoms. The highest BCUT2D eigenvalue weighted by Gasteiger charge is 2.16. The van der Waals surface area contributed by atoms with E-state index in [4.69, 9.17) is 0 Å². The van der Waals surface area contributed by atoms with Crippen LogP contribution in [0.2, 0.25) is 0 Å². The lowest BCUT2D eigenvalue weighted by Crippen LogP contribution is -2.14. The summed E-state index contributed by atoms with van der Waals surface area (Å²) in [5, 5.41) is 0.190. The second kappa shape index (κ2) is 1.97. The van der Waals surface area contributed by atoms with Crippen molar-refractivity contribution in [2.75, 3.05) is 7.05 Å². The molecule has 0 saturated heterocycles. The van der Waals surface area contributed by atoms with Crippen molar-refractivity contribution in [1.82, 2.24) is 4.90 Å². The second-order valence-corrected chi connectivity index (χ2v) is 3.12. The van der Waals surface area contributed by atoms with Crippen LogP contribution in [0.15, 0.2) is 11.4 Å². The third-order valence-corrected chi connectivity index (χ3v) is 2.17. The first kappa shape index (κ1) is 5.95. The molecule has 1 heterocycles. The van der Waals surface area contributed by atoms with Crippen LogP contribution in [0.3, 0.4) is 0 Å². The Bertz CT molecular complexity index is 124. The topological polar surface area (TPSA) is 3.24 Å². The molecule has 0 aromatic heterocycles. The molecule has 46 valence electrons. The van der Waals surface area contributed by atoms with Crippen LogP contribution in [-0.2, 0) is 0 Å². The van der Waals surface area contributed by atoms with Gasteiger partial charge in [0.15, 0.2) is 5.16 Å². The van der Waals surface area contributed by atoms with E-state index in [1.165, 1.54) is 18.0 Å². The predicted octanol–water partition coefficient (Wildman–Crippen LogP) is 1.78. The minimum atomic E-state index is -0.0833. The van der Waals surface area contributed by atoms with Gasteiger partial charge in [-0.05, 0) is 6.92 Å². The highest BCUT2D eigenvalue weighted by atomic mass is 32.2. The second-order valence-electron chi connectivity index (χ2n) is 1.82. The smallest absolute Gasteiger partial charge is 0.174 e. The quantitative estimate of drug-likeness (QED) is 0.495. The minimum absolute atomic E-state index is 0.0833. The van der Waals surface area contributed by atoms with Gasteiger partial charge >= 0.3 is 0 Å². The van der Waals surface area contributed by atoms with E-state index in [1.807, 2.05) is 18.9 Å². The molecule has 0 aromatic carbocycles. The largest absolute Gasteiger partial charge is 0.366 e. The third kappa shape index (κ3) is 0.968. The van der Waals surface area contributed by atoms with Crippen LogP contribution in [0.25, 0.3) is 0 Å². The Morgan fingerprint density at radius 3 is 2.62 bits per heavy atom. The summed E-state index contributed by atoms with van der Waals surface area (Å²) in [6, 6.07) is 0. The van der Waals surface area contributed by atoms with E-state index in [0.717, 1.165) is 0 Å². The zero-order valence-electron chi connectivity index (χ0n) is 4.89. The van der Waals surface area contributed by atoms with Crippen LogP contribution in [0, 0.1) is 0 Å². The van der Waals surface area contributed by atoms with Crippen LogP contribution in [0.1, 0.15) is 6.92 Å². The molecule has 1 unspecified atom stereocenters. The third-order valence-electron chi connectivity index (χ3n) is 1.16. The Morgan fingerprint density at radius 2 is 2.50 bits per heavy atom. The van der Waals surface area contributed by atoms with Crippen LogP contribution < -0.4 is 0 Å². The highest BCUT2D eigenvalue weighted by Crippen LogP contribution is 2.31. The van der Waals surface area contributed by atoms with E-state index >= 15 is 0 Å². The molecule has 0 N–H and O–H groups in total. The molecular weight excluding hydrogens is 125 g/mol. The van der Waals surface area contributed by atoms with Gasteiger partial charge in [-0.1, -0.05) is 11.8 Å².